The molecule has 1 aliphatic carbocycles. The van der Waals surface area contributed by atoms with Crippen molar-refractivity contribution < 1.29 is 0 Å². The maximum atomic E-state index is 2.38. The summed E-state index contributed by atoms with van der Waals surface area (Å²) < 4.78 is 0. The topological polar surface area (TPSA) is 0 Å². The molecule has 0 N–H and O–H groups in total. The molecule has 1 aromatic rings. The Morgan fingerprint density at radius 2 is 1.79 bits per heavy atom. The fourth-order valence-electron chi connectivity index (χ4n) is 3.11. The molecule has 0 heteroatoms. The van der Waals surface area contributed by atoms with Gasteiger partial charge in [0.2, 0.25) is 0 Å². The normalized spacial score (nSPS) is 26.3. The van der Waals surface area contributed by atoms with E-state index in [1.807, 2.05) is 0 Å². The predicted octanol–water partition coefficient (Wildman–Crippen LogP) is 4.01. The molecule has 0 saturated heterocycles. The summed E-state index contributed by atoms with van der Waals surface area (Å²) in [5.41, 5.74) is 3.55. The first-order chi connectivity index (χ1) is 6.50. The van der Waals surface area contributed by atoms with E-state index in [0.717, 1.165) is 11.8 Å². The largest absolute Gasteiger partial charge is 0.0620 e. The molecule has 0 nitrogen and oxygen atoms in total. The Hall–Kier alpha value is -0.780. The Kier molecular flexibility index (Phi) is 2.17. The Labute approximate surface area is 87.3 Å². The van der Waals surface area contributed by atoms with Crippen molar-refractivity contribution in [3.8, 4) is 0 Å². The van der Waals surface area contributed by atoms with Crippen molar-refractivity contribution in [1.29, 1.82) is 0 Å². The average molecular weight is 188 g/mol. The van der Waals surface area contributed by atoms with Crippen molar-refractivity contribution in [2.45, 2.75) is 40.0 Å². The summed E-state index contributed by atoms with van der Waals surface area (Å²) in [6.45, 7) is 9.46. The molecule has 0 spiro atoms. The van der Waals surface area contributed by atoms with Crippen molar-refractivity contribution in [3.63, 3.8) is 0 Å². The predicted molar refractivity (Wildman–Crippen MR) is 61.5 cm³/mol. The standard InChI is InChI=1S/C14H20/c1-10-9-11-7-5-6-8-12(11)13(10)14(2,3)4/h5-8,10,13H,9H2,1-4H3/t10-,13-/m0/s1. The Balaban J connectivity index is 2.45. The van der Waals surface area contributed by atoms with Gasteiger partial charge < -0.3 is 0 Å². The molecular formula is C14H20. The summed E-state index contributed by atoms with van der Waals surface area (Å²) in [5.74, 6) is 1.53. The molecule has 0 heterocycles. The van der Waals surface area contributed by atoms with Crippen molar-refractivity contribution in [2.24, 2.45) is 11.3 Å². The number of fused-ring (bicyclic) bond motifs is 1. The maximum Gasteiger partial charge on any atom is -0.00816 e. The molecule has 0 saturated carbocycles. The minimum absolute atomic E-state index is 0.395. The minimum Gasteiger partial charge on any atom is -0.0620 e. The molecule has 0 unspecified atom stereocenters. The van der Waals surface area contributed by atoms with Crippen LogP contribution in [0.5, 0.6) is 0 Å². The first-order valence-electron chi connectivity index (χ1n) is 5.58. The van der Waals surface area contributed by atoms with E-state index in [-0.39, 0.29) is 0 Å². The van der Waals surface area contributed by atoms with Crippen LogP contribution in [0.4, 0.5) is 0 Å². The summed E-state index contributed by atoms with van der Waals surface area (Å²) in [5, 5.41) is 0. The summed E-state index contributed by atoms with van der Waals surface area (Å²) in [4.78, 5) is 0. The maximum absolute atomic E-state index is 2.38. The summed E-state index contributed by atoms with van der Waals surface area (Å²) in [6.07, 6.45) is 1.26. The quantitative estimate of drug-likeness (QED) is 0.577. The lowest BCUT2D eigenvalue weighted by Crippen LogP contribution is -2.21. The van der Waals surface area contributed by atoms with Gasteiger partial charge in [-0.05, 0) is 34.8 Å². The fourth-order valence-corrected chi connectivity index (χ4v) is 3.11. The van der Waals surface area contributed by atoms with Gasteiger partial charge in [-0.25, -0.2) is 0 Å². The Morgan fingerprint density at radius 3 is 2.43 bits per heavy atom. The van der Waals surface area contributed by atoms with E-state index in [1.165, 1.54) is 6.42 Å². The van der Waals surface area contributed by atoms with Gasteiger partial charge in [-0.3, -0.25) is 0 Å². The van der Waals surface area contributed by atoms with Crippen LogP contribution >= 0.6 is 0 Å². The van der Waals surface area contributed by atoms with Crippen LogP contribution < -0.4 is 0 Å². The summed E-state index contributed by atoms with van der Waals surface area (Å²) in [6, 6.07) is 8.94. The van der Waals surface area contributed by atoms with Gasteiger partial charge in [-0.2, -0.15) is 0 Å². The lowest BCUT2D eigenvalue weighted by Gasteiger charge is -2.31. The monoisotopic (exact) mass is 188 g/mol. The Bertz CT molecular complexity index is 330. The molecular weight excluding hydrogens is 168 g/mol. The van der Waals surface area contributed by atoms with Gasteiger partial charge in [0.05, 0.1) is 0 Å². The van der Waals surface area contributed by atoms with E-state index < -0.39 is 0 Å². The third kappa shape index (κ3) is 1.47. The molecule has 0 amide bonds. The highest BCUT2D eigenvalue weighted by molar-refractivity contribution is 5.37. The Morgan fingerprint density at radius 1 is 1.14 bits per heavy atom. The van der Waals surface area contributed by atoms with Gasteiger partial charge in [-0.1, -0.05) is 52.0 Å². The number of benzene rings is 1. The fraction of sp³-hybridized carbons (Fsp3) is 0.571. The van der Waals surface area contributed by atoms with Gasteiger partial charge >= 0.3 is 0 Å². The average Bonchev–Trinajstić information content (AvgIpc) is 2.38. The van der Waals surface area contributed by atoms with E-state index in [0.29, 0.717) is 5.41 Å². The van der Waals surface area contributed by atoms with Gasteiger partial charge in [0.15, 0.2) is 0 Å². The molecule has 2 atom stereocenters. The smallest absolute Gasteiger partial charge is 0.00816 e. The SMILES string of the molecule is C[C@H]1Cc2ccccc2[C@H]1C(C)(C)C. The van der Waals surface area contributed by atoms with Crippen molar-refractivity contribution in [2.75, 3.05) is 0 Å². The number of hydrogen-bond acceptors (Lipinski definition) is 0. The van der Waals surface area contributed by atoms with E-state index in [9.17, 15) is 0 Å². The third-order valence-corrected chi connectivity index (χ3v) is 3.43. The molecule has 1 aliphatic rings. The van der Waals surface area contributed by atoms with Gasteiger partial charge in [0, 0.05) is 0 Å². The zero-order valence-corrected chi connectivity index (χ0v) is 9.67. The highest BCUT2D eigenvalue weighted by atomic mass is 14.4. The first-order valence-corrected chi connectivity index (χ1v) is 5.58. The van der Waals surface area contributed by atoms with Gasteiger partial charge in [-0.15, -0.1) is 0 Å². The first kappa shape index (κ1) is 9.76. The lowest BCUT2D eigenvalue weighted by atomic mass is 9.73. The van der Waals surface area contributed by atoms with Crippen LogP contribution in [-0.2, 0) is 6.42 Å². The molecule has 0 aliphatic heterocycles. The lowest BCUT2D eigenvalue weighted by molar-refractivity contribution is 0.263. The molecule has 0 aromatic heterocycles. The molecule has 76 valence electrons. The second-order valence-corrected chi connectivity index (χ2v) is 5.72. The van der Waals surface area contributed by atoms with Gasteiger partial charge in [0.25, 0.3) is 0 Å². The van der Waals surface area contributed by atoms with Crippen LogP contribution in [0.15, 0.2) is 24.3 Å². The summed E-state index contributed by atoms with van der Waals surface area (Å²) >= 11 is 0. The zero-order chi connectivity index (χ0) is 10.3. The minimum atomic E-state index is 0.395. The zero-order valence-electron chi connectivity index (χ0n) is 9.67. The van der Waals surface area contributed by atoms with E-state index in [4.69, 9.17) is 0 Å². The second kappa shape index (κ2) is 3.12. The van der Waals surface area contributed by atoms with Crippen LogP contribution in [-0.4, -0.2) is 0 Å². The highest BCUT2D eigenvalue weighted by Crippen LogP contribution is 2.47. The van der Waals surface area contributed by atoms with E-state index >= 15 is 0 Å². The molecule has 1 aromatic carbocycles. The molecule has 14 heavy (non-hydrogen) atoms. The highest BCUT2D eigenvalue weighted by Gasteiger charge is 2.36. The molecule has 0 fully saturated rings. The second-order valence-electron chi connectivity index (χ2n) is 5.72. The summed E-state index contributed by atoms with van der Waals surface area (Å²) in [7, 11) is 0. The van der Waals surface area contributed by atoms with Gasteiger partial charge in [0.1, 0.15) is 0 Å². The van der Waals surface area contributed by atoms with Crippen molar-refractivity contribution >= 4 is 0 Å². The van der Waals surface area contributed by atoms with E-state index in [1.54, 1.807) is 11.1 Å². The van der Waals surface area contributed by atoms with Crippen LogP contribution in [0.25, 0.3) is 0 Å². The van der Waals surface area contributed by atoms with Crippen molar-refractivity contribution in [3.05, 3.63) is 35.4 Å². The van der Waals surface area contributed by atoms with Crippen LogP contribution in [0.3, 0.4) is 0 Å². The molecule has 0 radical (unpaired) electrons. The third-order valence-electron chi connectivity index (χ3n) is 3.43. The van der Waals surface area contributed by atoms with Crippen LogP contribution in [0.1, 0.15) is 44.7 Å². The number of rotatable bonds is 0. The molecule has 0 bridgehead atoms. The van der Waals surface area contributed by atoms with Crippen LogP contribution in [0.2, 0.25) is 0 Å². The van der Waals surface area contributed by atoms with Crippen LogP contribution in [0, 0.1) is 11.3 Å². The number of hydrogen-bond donors (Lipinski definition) is 0. The molecule has 2 rings (SSSR count). The van der Waals surface area contributed by atoms with Crippen molar-refractivity contribution in [1.82, 2.24) is 0 Å². The van der Waals surface area contributed by atoms with E-state index in [2.05, 4.69) is 52.0 Å².